The van der Waals surface area contributed by atoms with E-state index in [4.69, 9.17) is 38.5 Å². The van der Waals surface area contributed by atoms with Gasteiger partial charge in [0.15, 0.2) is 12.5 Å². The topological polar surface area (TPSA) is 208 Å². The molecule has 0 amide bonds. The summed E-state index contributed by atoms with van der Waals surface area (Å²) in [6, 6.07) is 0. The Kier molecular flexibility index (Phi) is 8.98. The van der Waals surface area contributed by atoms with Crippen LogP contribution in [0.3, 0.4) is 0 Å². The molecule has 11 nitrogen and oxygen atoms in total. The Morgan fingerprint density at radius 2 is 1.62 bits per heavy atom. The minimum Gasteiger partial charge on any atom is -0.394 e. The van der Waals surface area contributed by atoms with E-state index in [-0.39, 0.29) is 0 Å². The Bertz CT molecular complexity index is 436. The molecule has 1 saturated heterocycles. The number of aldehydes is 1. The summed E-state index contributed by atoms with van der Waals surface area (Å²) in [5.41, 5.74) is 0. The van der Waals surface area contributed by atoms with E-state index in [9.17, 15) is 15.0 Å². The van der Waals surface area contributed by atoms with Gasteiger partial charge < -0.3 is 55.5 Å². The van der Waals surface area contributed by atoms with Crippen LogP contribution >= 0.6 is 0 Å². The predicted molar refractivity (Wildman–Crippen MR) is 76.4 cm³/mol. The lowest BCUT2D eigenvalue weighted by atomic mass is 9.97. The highest BCUT2D eigenvalue weighted by atomic mass is 16.6. The van der Waals surface area contributed by atoms with Gasteiger partial charge in [0.2, 0.25) is 0 Å². The summed E-state index contributed by atoms with van der Waals surface area (Å²) in [6.45, 7) is 0.853. The first kappa shape index (κ1) is 19.6. The van der Waals surface area contributed by atoms with Gasteiger partial charge in [-0.3, -0.25) is 0 Å². The fourth-order valence-corrected chi connectivity index (χ4v) is 1.76. The van der Waals surface area contributed by atoms with Crippen molar-refractivity contribution in [1.29, 1.82) is 0 Å². The molecule has 9 atom stereocenters. The molecule has 0 aromatic carbocycles. The monoisotopic (exact) mass is 360 g/mol. The van der Waals surface area contributed by atoms with Crippen molar-refractivity contribution >= 4 is 6.26 Å². The molecule has 0 bridgehead atoms. The Labute approximate surface area is 140 Å². The van der Waals surface area contributed by atoms with Gasteiger partial charge in [-0.15, -0.1) is 0 Å². The molecule has 0 aliphatic carbocycles. The third kappa shape index (κ3) is 6.29. The summed E-state index contributed by atoms with van der Waals surface area (Å²) in [4.78, 5) is 10.2. The number of ether oxygens (including phenoxy) is 1. The SMILES string of the molecule is [2H]C(=O)[C@H](O)[C@@H](O)[C@H](O)[C@H](O)CO.[2H]C1(O)O[C@H](CC)[C@@H](O)[C@H](O)[C@H]1O. The summed E-state index contributed by atoms with van der Waals surface area (Å²) in [5, 5.41) is 80.6. The van der Waals surface area contributed by atoms with Crippen LogP contribution in [0.4, 0.5) is 0 Å². The number of rotatable bonds is 6. The maximum atomic E-state index is 10.2. The number of carbonyl (C=O) groups excluding carboxylic acids is 1. The van der Waals surface area contributed by atoms with Crippen LogP contribution in [-0.4, -0.2) is 114 Å². The van der Waals surface area contributed by atoms with Crippen LogP contribution in [-0.2, 0) is 9.53 Å². The third-order valence-electron chi connectivity index (χ3n) is 3.36. The first-order chi connectivity index (χ1) is 11.8. The minimum atomic E-state index is -2.54. The van der Waals surface area contributed by atoms with Crippen LogP contribution in [0.25, 0.3) is 0 Å². The van der Waals surface area contributed by atoms with Crippen molar-refractivity contribution in [3.8, 4) is 0 Å². The standard InChI is InChI=1S/C7H14O5.C6H12O6/c1-2-3-4(8)5(9)6(10)7(11)12-3;7-1-3(9)5(11)6(12)4(10)2-8/h3-11H,2H2,1H3;1,3-6,8-12H,2H2/t3-,4-,5+,6-,7?;3-,4+,5+,6+/m10/s1/i7D;1D. The van der Waals surface area contributed by atoms with Gasteiger partial charge >= 0.3 is 0 Å². The van der Waals surface area contributed by atoms with E-state index in [0.717, 1.165) is 0 Å². The van der Waals surface area contributed by atoms with E-state index >= 15 is 0 Å². The smallest absolute Gasteiger partial charge is 0.183 e. The maximum absolute atomic E-state index is 10.2. The van der Waals surface area contributed by atoms with Crippen molar-refractivity contribution in [2.75, 3.05) is 6.61 Å². The van der Waals surface area contributed by atoms with E-state index in [1.807, 2.05) is 0 Å². The van der Waals surface area contributed by atoms with Crippen molar-refractivity contribution in [1.82, 2.24) is 0 Å². The van der Waals surface area contributed by atoms with E-state index in [2.05, 4.69) is 4.74 Å². The van der Waals surface area contributed by atoms with Crippen LogP contribution in [0, 0.1) is 0 Å². The molecule has 1 aliphatic rings. The number of carbonyl (C=O) groups is 1. The zero-order valence-electron chi connectivity index (χ0n) is 14.9. The highest BCUT2D eigenvalue weighted by molar-refractivity contribution is 5.56. The molecule has 1 rings (SSSR count). The van der Waals surface area contributed by atoms with Crippen molar-refractivity contribution in [2.45, 2.75) is 68.4 Å². The van der Waals surface area contributed by atoms with E-state index in [1.165, 1.54) is 0 Å². The molecular weight excluding hydrogens is 332 g/mol. The highest BCUT2D eigenvalue weighted by Crippen LogP contribution is 2.21. The summed E-state index contributed by atoms with van der Waals surface area (Å²) in [6.07, 6.45) is -16.7. The lowest BCUT2D eigenvalue weighted by Crippen LogP contribution is -2.57. The molecule has 9 N–H and O–H groups in total. The number of aliphatic hydroxyl groups is 9. The Morgan fingerprint density at radius 3 is 2.04 bits per heavy atom. The Balaban J connectivity index is 0.000000481. The van der Waals surface area contributed by atoms with Gasteiger partial charge in [0.25, 0.3) is 0 Å². The van der Waals surface area contributed by atoms with Gasteiger partial charge in [-0.1, -0.05) is 6.92 Å². The van der Waals surface area contributed by atoms with E-state index in [0.29, 0.717) is 6.42 Å². The van der Waals surface area contributed by atoms with Crippen LogP contribution in [0.1, 0.15) is 16.1 Å². The largest absolute Gasteiger partial charge is 0.394 e. The van der Waals surface area contributed by atoms with Gasteiger partial charge in [-0.05, 0) is 6.42 Å². The lowest BCUT2D eigenvalue weighted by Gasteiger charge is -2.37. The molecule has 24 heavy (non-hydrogen) atoms. The van der Waals surface area contributed by atoms with Gasteiger partial charge in [0, 0.05) is 0 Å². The van der Waals surface area contributed by atoms with Crippen LogP contribution in [0.2, 0.25) is 0 Å². The first-order valence-corrected chi connectivity index (χ1v) is 7.09. The zero-order valence-corrected chi connectivity index (χ0v) is 12.9. The predicted octanol–water partition coefficient (Wildman–Crippen LogP) is -5.18. The Hall–Kier alpha value is -0.730. The van der Waals surface area contributed by atoms with Crippen molar-refractivity contribution < 1.29 is 58.2 Å². The molecule has 1 unspecified atom stereocenters. The van der Waals surface area contributed by atoms with Crippen LogP contribution in [0.15, 0.2) is 0 Å². The summed E-state index contributed by atoms with van der Waals surface area (Å²) < 4.78 is 18.2. The number of hydrogen-bond donors (Lipinski definition) is 9. The molecule has 11 heteroatoms. The normalized spacial score (nSPS) is 39.4. The molecule has 0 spiro atoms. The van der Waals surface area contributed by atoms with Gasteiger partial charge in [0.1, 0.15) is 44.1 Å². The zero-order chi connectivity index (χ0) is 20.8. The molecule has 1 aliphatic heterocycles. The molecule has 144 valence electrons. The summed E-state index contributed by atoms with van der Waals surface area (Å²) >= 11 is 0. The average molecular weight is 360 g/mol. The second-order valence-electron chi connectivity index (χ2n) is 5.12. The second kappa shape index (κ2) is 11.0. The molecule has 0 aromatic rings. The summed E-state index contributed by atoms with van der Waals surface area (Å²) in [7, 11) is 0. The van der Waals surface area contributed by atoms with Crippen LogP contribution < -0.4 is 0 Å². The van der Waals surface area contributed by atoms with Crippen molar-refractivity contribution in [3.05, 3.63) is 0 Å². The van der Waals surface area contributed by atoms with E-state index < -0.39 is 68.0 Å². The van der Waals surface area contributed by atoms with E-state index in [1.54, 1.807) is 6.92 Å². The Morgan fingerprint density at radius 1 is 1.08 bits per heavy atom. The van der Waals surface area contributed by atoms with Gasteiger partial charge in [-0.2, -0.15) is 0 Å². The third-order valence-corrected chi connectivity index (χ3v) is 3.36. The molecule has 0 radical (unpaired) electrons. The minimum absolute atomic E-state index is 0.339. The first-order valence-electron chi connectivity index (χ1n) is 8.09. The van der Waals surface area contributed by atoms with Crippen LogP contribution in [0.5, 0.6) is 0 Å². The number of aliphatic hydroxyl groups excluding tert-OH is 8. The molecule has 0 saturated carbocycles. The average Bonchev–Trinajstić information content (AvgIpc) is 2.60. The second-order valence-corrected chi connectivity index (χ2v) is 5.12. The molecular formula is C13H26O11. The number of hydrogen-bond acceptors (Lipinski definition) is 11. The summed E-state index contributed by atoms with van der Waals surface area (Å²) in [5.74, 6) is 0. The van der Waals surface area contributed by atoms with Crippen molar-refractivity contribution in [2.24, 2.45) is 0 Å². The fraction of sp³-hybridized carbons (Fsp3) is 0.923. The molecule has 1 heterocycles. The molecule has 0 aromatic heterocycles. The highest BCUT2D eigenvalue weighted by Gasteiger charge is 2.41. The fourth-order valence-electron chi connectivity index (χ4n) is 1.76. The molecule has 1 fully saturated rings. The lowest BCUT2D eigenvalue weighted by molar-refractivity contribution is -0.281. The van der Waals surface area contributed by atoms with Gasteiger partial charge in [-0.25, -0.2) is 0 Å². The van der Waals surface area contributed by atoms with Crippen molar-refractivity contribution in [3.63, 3.8) is 0 Å². The quantitative estimate of drug-likeness (QED) is 0.204. The maximum Gasteiger partial charge on any atom is 0.183 e. The van der Waals surface area contributed by atoms with Gasteiger partial charge in [0.05, 0.1) is 14.1 Å².